The molecule has 0 N–H and O–H groups in total. The fraction of sp³-hybridized carbons (Fsp3) is 0.846. The van der Waals surface area contributed by atoms with Crippen LogP contribution in [0, 0.1) is 0 Å². The third-order valence-corrected chi connectivity index (χ3v) is 3.92. The summed E-state index contributed by atoms with van der Waals surface area (Å²) in [6.45, 7) is 16.7. The van der Waals surface area contributed by atoms with Crippen LogP contribution in [0.1, 0.15) is 13.8 Å². The highest BCUT2D eigenvalue weighted by molar-refractivity contribution is 4.77. The minimum absolute atomic E-state index is 0. The maximum atomic E-state index is 5.84. The van der Waals surface area contributed by atoms with E-state index in [0.717, 1.165) is 6.54 Å². The molecule has 0 bridgehead atoms. The summed E-state index contributed by atoms with van der Waals surface area (Å²) in [5, 5.41) is 0. The molecular weight excluding hydrogens is 236 g/mol. The van der Waals surface area contributed by atoms with E-state index in [1.807, 2.05) is 6.08 Å². The predicted molar refractivity (Wildman–Crippen MR) is 66.4 cm³/mol. The van der Waals surface area contributed by atoms with Crippen LogP contribution in [0.25, 0.3) is 0 Å². The van der Waals surface area contributed by atoms with Crippen LogP contribution >= 0.6 is 0 Å². The molecule has 0 amide bonds. The molecule has 0 radical (unpaired) electrons. The molecule has 2 atom stereocenters. The largest absolute Gasteiger partial charge is 1.00 e. The van der Waals surface area contributed by atoms with Crippen molar-refractivity contribution in [2.75, 3.05) is 45.8 Å². The Morgan fingerprint density at radius 3 is 2.24 bits per heavy atom. The molecule has 3 nitrogen and oxygen atoms in total. The van der Waals surface area contributed by atoms with Gasteiger partial charge in [-0.15, -0.1) is 6.58 Å². The molecule has 4 heteroatoms. The first-order valence-corrected chi connectivity index (χ1v) is 6.47. The number of ether oxygens (including phenoxy) is 1. The van der Waals surface area contributed by atoms with E-state index in [9.17, 15) is 0 Å². The van der Waals surface area contributed by atoms with Gasteiger partial charge in [-0.2, -0.15) is 0 Å². The van der Waals surface area contributed by atoms with Crippen molar-refractivity contribution >= 4 is 0 Å². The van der Waals surface area contributed by atoms with Crippen LogP contribution in [0.4, 0.5) is 0 Å². The highest BCUT2D eigenvalue weighted by Crippen LogP contribution is 2.22. The molecule has 0 aromatic rings. The Bertz CT molecular complexity index is 240. The summed E-state index contributed by atoms with van der Waals surface area (Å²) in [7, 11) is 0. The van der Waals surface area contributed by atoms with Gasteiger partial charge in [0.2, 0.25) is 0 Å². The van der Waals surface area contributed by atoms with E-state index in [0.29, 0.717) is 12.2 Å². The molecule has 2 unspecified atom stereocenters. The van der Waals surface area contributed by atoms with Gasteiger partial charge in [0.15, 0.2) is 0 Å². The molecule has 0 aromatic heterocycles. The monoisotopic (exact) mass is 260 g/mol. The molecule has 2 fully saturated rings. The van der Waals surface area contributed by atoms with E-state index in [-0.39, 0.29) is 12.4 Å². The quantitative estimate of drug-likeness (QED) is 0.426. The number of morpholine rings is 1. The number of hydrogen-bond acceptors (Lipinski definition) is 2. The molecule has 0 saturated carbocycles. The van der Waals surface area contributed by atoms with Crippen LogP contribution in [0.15, 0.2) is 12.7 Å². The number of halogens is 1. The summed E-state index contributed by atoms with van der Waals surface area (Å²) < 4.78 is 7.12. The van der Waals surface area contributed by atoms with Crippen LogP contribution in [0.2, 0.25) is 0 Å². The zero-order chi connectivity index (χ0) is 11.6. The molecule has 2 aliphatic heterocycles. The molecule has 17 heavy (non-hydrogen) atoms. The average molecular weight is 261 g/mol. The van der Waals surface area contributed by atoms with E-state index in [1.54, 1.807) is 0 Å². The van der Waals surface area contributed by atoms with E-state index in [2.05, 4.69) is 25.3 Å². The number of quaternary nitrogens is 1. The lowest BCUT2D eigenvalue weighted by Gasteiger charge is -2.50. The fourth-order valence-electron chi connectivity index (χ4n) is 3.31. The van der Waals surface area contributed by atoms with Crippen molar-refractivity contribution in [3.05, 3.63) is 12.7 Å². The van der Waals surface area contributed by atoms with Gasteiger partial charge in [0.1, 0.15) is 25.3 Å². The van der Waals surface area contributed by atoms with E-state index in [1.165, 1.54) is 43.8 Å². The predicted octanol–water partition coefficient (Wildman–Crippen LogP) is -1.88. The summed E-state index contributed by atoms with van der Waals surface area (Å²) in [4.78, 5) is 2.50. The van der Waals surface area contributed by atoms with Crippen LogP contribution in [-0.2, 0) is 4.74 Å². The molecule has 100 valence electrons. The number of piperazine rings is 1. The molecule has 2 heterocycles. The van der Waals surface area contributed by atoms with Crippen molar-refractivity contribution in [2.24, 2.45) is 0 Å². The van der Waals surface area contributed by atoms with Gasteiger partial charge >= 0.3 is 0 Å². The zero-order valence-corrected chi connectivity index (χ0v) is 11.8. The number of rotatable bonds is 2. The Hall–Kier alpha value is -0.0900. The Morgan fingerprint density at radius 1 is 1.24 bits per heavy atom. The summed E-state index contributed by atoms with van der Waals surface area (Å²) in [6, 6.07) is 0. The first-order chi connectivity index (χ1) is 7.63. The van der Waals surface area contributed by atoms with Crippen LogP contribution in [0.5, 0.6) is 0 Å². The third kappa shape index (κ3) is 3.68. The fourth-order valence-corrected chi connectivity index (χ4v) is 3.31. The molecule has 0 aliphatic carbocycles. The van der Waals surface area contributed by atoms with Gasteiger partial charge in [-0.3, -0.25) is 4.90 Å². The maximum Gasteiger partial charge on any atom is 0.105 e. The lowest BCUT2D eigenvalue weighted by atomic mass is 10.1. The van der Waals surface area contributed by atoms with E-state index >= 15 is 0 Å². The van der Waals surface area contributed by atoms with Crippen molar-refractivity contribution in [2.45, 2.75) is 26.1 Å². The number of nitrogens with zero attached hydrogens (tertiary/aromatic N) is 2. The Balaban J connectivity index is 0.00000144. The second-order valence-electron chi connectivity index (χ2n) is 5.50. The third-order valence-electron chi connectivity index (χ3n) is 3.92. The van der Waals surface area contributed by atoms with E-state index < -0.39 is 0 Å². The van der Waals surface area contributed by atoms with Gasteiger partial charge in [0.05, 0.1) is 13.1 Å². The zero-order valence-electron chi connectivity index (χ0n) is 11.1. The van der Waals surface area contributed by atoms with Crippen molar-refractivity contribution in [3.63, 3.8) is 0 Å². The van der Waals surface area contributed by atoms with Gasteiger partial charge < -0.3 is 21.6 Å². The highest BCUT2D eigenvalue weighted by atomic mass is 35.5. The summed E-state index contributed by atoms with van der Waals surface area (Å²) in [6.07, 6.45) is 2.87. The van der Waals surface area contributed by atoms with Gasteiger partial charge in [0, 0.05) is 19.6 Å². The second-order valence-corrected chi connectivity index (χ2v) is 5.50. The van der Waals surface area contributed by atoms with Gasteiger partial charge in [0.25, 0.3) is 0 Å². The van der Waals surface area contributed by atoms with Crippen molar-refractivity contribution in [3.8, 4) is 0 Å². The lowest BCUT2D eigenvalue weighted by molar-refractivity contribution is -0.944. The topological polar surface area (TPSA) is 12.5 Å². The number of hydrogen-bond donors (Lipinski definition) is 0. The molecular formula is C13H25ClN2O. The summed E-state index contributed by atoms with van der Waals surface area (Å²) in [5.74, 6) is 0. The van der Waals surface area contributed by atoms with Gasteiger partial charge in [-0.25, -0.2) is 0 Å². The Labute approximate surface area is 111 Å². The minimum Gasteiger partial charge on any atom is -1.00 e. The maximum absolute atomic E-state index is 5.84. The second kappa shape index (κ2) is 6.19. The Morgan fingerprint density at radius 2 is 1.76 bits per heavy atom. The SMILES string of the molecule is C=CCN1CC[N+]2(CC1)CC(C)OC(C)C2.[Cl-]. The van der Waals surface area contributed by atoms with Crippen molar-refractivity contribution in [1.29, 1.82) is 0 Å². The highest BCUT2D eigenvalue weighted by Gasteiger charge is 2.39. The van der Waals surface area contributed by atoms with Gasteiger partial charge in [-0.1, -0.05) is 6.08 Å². The summed E-state index contributed by atoms with van der Waals surface area (Å²) >= 11 is 0. The van der Waals surface area contributed by atoms with Crippen LogP contribution in [-0.4, -0.2) is 67.4 Å². The average Bonchev–Trinajstić information content (AvgIpc) is 2.20. The molecule has 1 spiro atoms. The summed E-state index contributed by atoms with van der Waals surface area (Å²) in [5.41, 5.74) is 0. The standard InChI is InChI=1S/C13H25N2O.ClH/c1-4-5-14-6-8-15(9-7-14)10-12(2)16-13(3)11-15;/h4,12-13H,1,5-11H2,2-3H3;1H/q+1;/p-1. The normalized spacial score (nSPS) is 33.1. The van der Waals surface area contributed by atoms with Crippen molar-refractivity contribution in [1.82, 2.24) is 4.90 Å². The molecule has 0 aromatic carbocycles. The molecule has 2 rings (SSSR count). The lowest BCUT2D eigenvalue weighted by Crippen LogP contribution is -3.00. The first kappa shape index (κ1) is 15.0. The Kier molecular flexibility index (Phi) is 5.45. The van der Waals surface area contributed by atoms with Crippen LogP contribution in [0.3, 0.4) is 0 Å². The molecule has 2 aliphatic rings. The first-order valence-electron chi connectivity index (χ1n) is 6.47. The smallest absolute Gasteiger partial charge is 0.105 e. The molecule has 2 saturated heterocycles. The minimum atomic E-state index is 0. The van der Waals surface area contributed by atoms with E-state index in [4.69, 9.17) is 4.74 Å². The van der Waals surface area contributed by atoms with Gasteiger partial charge in [-0.05, 0) is 13.8 Å². The van der Waals surface area contributed by atoms with Crippen molar-refractivity contribution < 1.29 is 21.6 Å². The van der Waals surface area contributed by atoms with Crippen LogP contribution < -0.4 is 12.4 Å².